The molecule has 19 heavy (non-hydrogen) atoms. The molecule has 0 saturated heterocycles. The van der Waals surface area contributed by atoms with E-state index in [-0.39, 0.29) is 12.0 Å². The minimum absolute atomic E-state index is 0.0333. The zero-order valence-corrected chi connectivity index (χ0v) is 10.7. The quantitative estimate of drug-likeness (QED) is 0.840. The Morgan fingerprint density at radius 3 is 2.21 bits per heavy atom. The van der Waals surface area contributed by atoms with Crippen molar-refractivity contribution < 1.29 is 18.3 Å². The van der Waals surface area contributed by atoms with Gasteiger partial charge in [-0.3, -0.25) is 0 Å². The van der Waals surface area contributed by atoms with Gasteiger partial charge in [0.05, 0.1) is 14.2 Å². The molecule has 2 rings (SSSR count). The fourth-order valence-corrected chi connectivity index (χ4v) is 1.89. The molecule has 0 unspecified atom stereocenters. The van der Waals surface area contributed by atoms with Gasteiger partial charge in [-0.05, 0) is 23.8 Å². The highest BCUT2D eigenvalue weighted by atomic mass is 19.1. The Morgan fingerprint density at radius 2 is 1.63 bits per heavy atom. The van der Waals surface area contributed by atoms with Gasteiger partial charge in [-0.2, -0.15) is 0 Å². The third kappa shape index (κ3) is 2.84. The van der Waals surface area contributed by atoms with E-state index >= 15 is 0 Å². The monoisotopic (exact) mass is 264 g/mol. The van der Waals surface area contributed by atoms with Gasteiger partial charge in [0, 0.05) is 18.1 Å². The summed E-state index contributed by atoms with van der Waals surface area (Å²) in [4.78, 5) is 0. The first-order valence-corrected chi connectivity index (χ1v) is 5.79. The van der Waals surface area contributed by atoms with Crippen molar-refractivity contribution in [2.75, 3.05) is 14.2 Å². The lowest BCUT2D eigenvalue weighted by Gasteiger charge is -2.11. The van der Waals surface area contributed by atoms with Crippen molar-refractivity contribution in [3.63, 3.8) is 0 Å². The normalized spacial score (nSPS) is 10.3. The summed E-state index contributed by atoms with van der Waals surface area (Å²) in [5.74, 6) is 0.0624. The van der Waals surface area contributed by atoms with Gasteiger partial charge in [0.2, 0.25) is 0 Å². The Hall–Kier alpha value is -2.10. The van der Waals surface area contributed by atoms with Crippen LogP contribution in [0.1, 0.15) is 11.1 Å². The predicted molar refractivity (Wildman–Crippen MR) is 68.7 cm³/mol. The van der Waals surface area contributed by atoms with Crippen LogP contribution < -0.4 is 9.47 Å². The molecule has 0 bridgehead atoms. The first-order chi connectivity index (χ1) is 9.15. The molecule has 0 atom stereocenters. The van der Waals surface area contributed by atoms with Gasteiger partial charge in [-0.1, -0.05) is 12.1 Å². The van der Waals surface area contributed by atoms with Crippen LogP contribution in [-0.4, -0.2) is 14.2 Å². The first kappa shape index (κ1) is 13.3. The van der Waals surface area contributed by atoms with Crippen LogP contribution in [0.2, 0.25) is 0 Å². The second kappa shape index (κ2) is 5.69. The van der Waals surface area contributed by atoms with Gasteiger partial charge in [0.1, 0.15) is 23.1 Å². The molecule has 0 aliphatic rings. The maximum absolute atomic E-state index is 13.6. The van der Waals surface area contributed by atoms with Crippen LogP contribution in [0.25, 0.3) is 0 Å². The van der Waals surface area contributed by atoms with Gasteiger partial charge in [-0.25, -0.2) is 8.78 Å². The average molecular weight is 264 g/mol. The van der Waals surface area contributed by atoms with Crippen LogP contribution in [0.5, 0.6) is 11.5 Å². The van der Waals surface area contributed by atoms with Crippen LogP contribution >= 0.6 is 0 Å². The lowest BCUT2D eigenvalue weighted by molar-refractivity contribution is 0.391. The minimum Gasteiger partial charge on any atom is -0.497 e. The summed E-state index contributed by atoms with van der Waals surface area (Å²) >= 11 is 0. The van der Waals surface area contributed by atoms with Crippen LogP contribution in [0.3, 0.4) is 0 Å². The standard InChI is InChI=1S/C15H14F2O2/c1-18-11-7-6-10(15(9-11)19-2)8-12-13(16)4-3-5-14(12)17/h3-7,9H,8H2,1-2H3. The average Bonchev–Trinajstić information content (AvgIpc) is 2.43. The van der Waals surface area contributed by atoms with E-state index in [1.54, 1.807) is 25.3 Å². The van der Waals surface area contributed by atoms with E-state index in [0.717, 1.165) is 0 Å². The molecule has 0 heterocycles. The molecule has 0 N–H and O–H groups in total. The SMILES string of the molecule is COc1ccc(Cc2c(F)cccc2F)c(OC)c1. The fraction of sp³-hybridized carbons (Fsp3) is 0.200. The smallest absolute Gasteiger partial charge is 0.129 e. The van der Waals surface area contributed by atoms with Gasteiger partial charge in [0.25, 0.3) is 0 Å². The number of hydrogen-bond donors (Lipinski definition) is 0. The highest BCUT2D eigenvalue weighted by molar-refractivity contribution is 5.43. The molecular weight excluding hydrogens is 250 g/mol. The van der Waals surface area contributed by atoms with Gasteiger partial charge in [-0.15, -0.1) is 0 Å². The first-order valence-electron chi connectivity index (χ1n) is 5.79. The van der Waals surface area contributed by atoms with Crippen LogP contribution in [0, 0.1) is 11.6 Å². The Kier molecular flexibility index (Phi) is 4.00. The Bertz CT molecular complexity index is 562. The minimum atomic E-state index is -0.558. The molecule has 0 spiro atoms. The predicted octanol–water partition coefficient (Wildman–Crippen LogP) is 3.57. The molecule has 0 fully saturated rings. The topological polar surface area (TPSA) is 18.5 Å². The van der Waals surface area contributed by atoms with Gasteiger partial charge in [0.15, 0.2) is 0 Å². The van der Waals surface area contributed by atoms with E-state index in [1.165, 1.54) is 25.3 Å². The number of halogens is 2. The van der Waals surface area contributed by atoms with E-state index in [2.05, 4.69) is 0 Å². The second-order valence-corrected chi connectivity index (χ2v) is 4.05. The van der Waals surface area contributed by atoms with E-state index < -0.39 is 11.6 Å². The number of rotatable bonds is 4. The van der Waals surface area contributed by atoms with Crippen LogP contribution in [0.15, 0.2) is 36.4 Å². The largest absolute Gasteiger partial charge is 0.497 e. The zero-order valence-electron chi connectivity index (χ0n) is 10.7. The van der Waals surface area contributed by atoms with Crippen molar-refractivity contribution in [3.05, 3.63) is 59.2 Å². The Morgan fingerprint density at radius 1 is 0.947 bits per heavy atom. The number of hydrogen-bond acceptors (Lipinski definition) is 2. The molecule has 100 valence electrons. The summed E-state index contributed by atoms with van der Waals surface area (Å²) in [5, 5.41) is 0. The Balaban J connectivity index is 2.38. The lowest BCUT2D eigenvalue weighted by atomic mass is 10.0. The summed E-state index contributed by atoms with van der Waals surface area (Å²) in [6.07, 6.45) is 0.131. The molecule has 0 saturated carbocycles. The van der Waals surface area contributed by atoms with Crippen LogP contribution in [-0.2, 0) is 6.42 Å². The van der Waals surface area contributed by atoms with Crippen LogP contribution in [0.4, 0.5) is 8.78 Å². The number of ether oxygens (including phenoxy) is 2. The van der Waals surface area contributed by atoms with E-state index in [9.17, 15) is 8.78 Å². The molecule has 4 heteroatoms. The van der Waals surface area contributed by atoms with Gasteiger partial charge >= 0.3 is 0 Å². The summed E-state index contributed by atoms with van der Waals surface area (Å²) in [7, 11) is 3.06. The molecular formula is C15H14F2O2. The van der Waals surface area contributed by atoms with E-state index in [1.807, 2.05) is 0 Å². The third-order valence-electron chi connectivity index (χ3n) is 2.92. The maximum atomic E-state index is 13.6. The fourth-order valence-electron chi connectivity index (χ4n) is 1.89. The van der Waals surface area contributed by atoms with Gasteiger partial charge < -0.3 is 9.47 Å². The molecule has 2 aromatic rings. The number of benzene rings is 2. The summed E-state index contributed by atoms with van der Waals surface area (Å²) < 4.78 is 37.5. The number of methoxy groups -OCH3 is 2. The highest BCUT2D eigenvalue weighted by Gasteiger charge is 2.12. The van der Waals surface area contributed by atoms with E-state index in [4.69, 9.17) is 9.47 Å². The summed E-state index contributed by atoms with van der Waals surface area (Å²) in [6, 6.07) is 9.00. The van der Waals surface area contributed by atoms with Crippen molar-refractivity contribution in [3.8, 4) is 11.5 Å². The second-order valence-electron chi connectivity index (χ2n) is 4.05. The van der Waals surface area contributed by atoms with Crippen molar-refractivity contribution in [1.29, 1.82) is 0 Å². The molecule has 0 aliphatic heterocycles. The molecule has 0 radical (unpaired) electrons. The molecule has 0 amide bonds. The third-order valence-corrected chi connectivity index (χ3v) is 2.92. The molecule has 0 aliphatic carbocycles. The molecule has 0 aromatic heterocycles. The molecule has 2 nitrogen and oxygen atoms in total. The zero-order chi connectivity index (χ0) is 13.8. The van der Waals surface area contributed by atoms with Crippen molar-refractivity contribution in [1.82, 2.24) is 0 Å². The van der Waals surface area contributed by atoms with Crippen molar-refractivity contribution in [2.24, 2.45) is 0 Å². The van der Waals surface area contributed by atoms with Crippen molar-refractivity contribution >= 4 is 0 Å². The summed E-state index contributed by atoms with van der Waals surface area (Å²) in [6.45, 7) is 0. The maximum Gasteiger partial charge on any atom is 0.129 e. The Labute approximate surface area is 110 Å². The highest BCUT2D eigenvalue weighted by Crippen LogP contribution is 2.28. The summed E-state index contributed by atoms with van der Waals surface area (Å²) in [5.41, 5.74) is 0.735. The van der Waals surface area contributed by atoms with E-state index in [0.29, 0.717) is 17.1 Å². The molecule has 2 aromatic carbocycles. The van der Waals surface area contributed by atoms with Crippen molar-refractivity contribution in [2.45, 2.75) is 6.42 Å². The lowest BCUT2D eigenvalue weighted by Crippen LogP contribution is -1.99.